The summed E-state index contributed by atoms with van der Waals surface area (Å²) in [5.74, 6) is -2.00. The van der Waals surface area contributed by atoms with Crippen LogP contribution in [-0.4, -0.2) is 86.7 Å². The van der Waals surface area contributed by atoms with Gasteiger partial charge in [0.15, 0.2) is 0 Å². The lowest BCUT2D eigenvalue weighted by Gasteiger charge is -2.40. The number of hydrogen-bond acceptors (Lipinski definition) is 8. The van der Waals surface area contributed by atoms with E-state index in [1.807, 2.05) is 30.3 Å². The van der Waals surface area contributed by atoms with Crippen LogP contribution in [0.3, 0.4) is 0 Å². The van der Waals surface area contributed by atoms with Crippen molar-refractivity contribution in [3.63, 3.8) is 0 Å². The number of Topliss-reactive ketones (excluding diaryl/α,β-unsaturated/α-hetero) is 1. The number of carbonyl (C=O) groups is 3. The van der Waals surface area contributed by atoms with E-state index in [-0.39, 0.29) is 31.5 Å². The lowest BCUT2D eigenvalue weighted by molar-refractivity contribution is -0.149. The van der Waals surface area contributed by atoms with Gasteiger partial charge in [-0.05, 0) is 81.5 Å². The van der Waals surface area contributed by atoms with Gasteiger partial charge < -0.3 is 19.3 Å². The Bertz CT molecular complexity index is 1480. The van der Waals surface area contributed by atoms with Gasteiger partial charge in [0.1, 0.15) is 11.6 Å². The SMILES string of the molecule is COC(=O)C1(c2ccccc2)CCN(CCCN(C=O)C2=C(COCCN=[N+]=[N-])N=C(C)C(C(C)=O)C2c2ccc(F)cc2)CC1. The van der Waals surface area contributed by atoms with Gasteiger partial charge in [-0.1, -0.05) is 47.6 Å². The third-order valence-electron chi connectivity index (χ3n) is 8.91. The number of likely N-dealkylation sites (tertiary alicyclic amines) is 1. The van der Waals surface area contributed by atoms with Gasteiger partial charge in [0, 0.05) is 29.6 Å². The minimum Gasteiger partial charge on any atom is -0.468 e. The molecule has 2 unspecified atom stereocenters. The molecule has 11 nitrogen and oxygen atoms in total. The number of carbonyl (C=O) groups excluding carboxylic acids is 3. The van der Waals surface area contributed by atoms with Crippen molar-refractivity contribution in [3.05, 3.63) is 93.4 Å². The summed E-state index contributed by atoms with van der Waals surface area (Å²) in [7, 11) is 1.42. The van der Waals surface area contributed by atoms with Gasteiger partial charge in [-0.2, -0.15) is 0 Å². The van der Waals surface area contributed by atoms with E-state index in [1.165, 1.54) is 26.2 Å². The Labute approximate surface area is 268 Å². The molecule has 2 heterocycles. The predicted molar refractivity (Wildman–Crippen MR) is 171 cm³/mol. The summed E-state index contributed by atoms with van der Waals surface area (Å²) in [6, 6.07) is 15.7. The standard InChI is InChI=1S/C34H41FN6O5/c1-24-30(25(2)43)31(26-10-12-28(35)13-11-26)32(29(38-24)22-46-21-16-37-39-36)41(23-42)18-7-17-40-19-14-34(15-20-40,33(44)45-3)27-8-5-4-6-9-27/h4-6,8-13,23,30-31H,7,14-22H2,1-3H3. The zero-order chi connectivity index (χ0) is 33.1. The topological polar surface area (TPSA) is 137 Å². The van der Waals surface area contributed by atoms with E-state index in [0.29, 0.717) is 68.1 Å². The van der Waals surface area contributed by atoms with Crippen molar-refractivity contribution in [3.8, 4) is 0 Å². The fourth-order valence-corrected chi connectivity index (χ4v) is 6.65. The van der Waals surface area contributed by atoms with Crippen molar-refractivity contribution in [2.45, 2.75) is 44.4 Å². The summed E-state index contributed by atoms with van der Waals surface area (Å²) in [5.41, 5.74) is 11.1. The smallest absolute Gasteiger partial charge is 0.316 e. The number of ketones is 1. The molecule has 0 aromatic heterocycles. The molecule has 0 spiro atoms. The molecule has 2 atom stereocenters. The van der Waals surface area contributed by atoms with Crippen molar-refractivity contribution in [1.82, 2.24) is 9.80 Å². The van der Waals surface area contributed by atoms with Crippen LogP contribution >= 0.6 is 0 Å². The molecule has 2 aliphatic heterocycles. The number of halogens is 1. The maximum Gasteiger partial charge on any atom is 0.316 e. The van der Waals surface area contributed by atoms with Gasteiger partial charge in [-0.3, -0.25) is 19.4 Å². The Hall–Kier alpha value is -4.38. The first-order valence-electron chi connectivity index (χ1n) is 15.5. The van der Waals surface area contributed by atoms with E-state index in [0.717, 1.165) is 12.0 Å². The number of rotatable bonds is 15. The lowest BCUT2D eigenvalue weighted by atomic mass is 9.72. The molecule has 2 aromatic carbocycles. The number of amides is 1. The Morgan fingerprint density at radius 1 is 1.17 bits per heavy atom. The molecule has 244 valence electrons. The number of benzene rings is 2. The largest absolute Gasteiger partial charge is 0.468 e. The van der Waals surface area contributed by atoms with Crippen LogP contribution in [0.4, 0.5) is 4.39 Å². The third-order valence-corrected chi connectivity index (χ3v) is 8.91. The second-order valence-corrected chi connectivity index (χ2v) is 11.6. The van der Waals surface area contributed by atoms with Crippen LogP contribution in [0.1, 0.15) is 50.2 Å². The van der Waals surface area contributed by atoms with E-state index in [4.69, 9.17) is 20.0 Å². The average Bonchev–Trinajstić information content (AvgIpc) is 3.07. The number of ether oxygens (including phenoxy) is 2. The van der Waals surface area contributed by atoms with Gasteiger partial charge in [0.2, 0.25) is 6.41 Å². The van der Waals surface area contributed by atoms with Crippen molar-refractivity contribution in [2.75, 3.05) is 53.0 Å². The maximum atomic E-state index is 14.0. The number of azide groups is 1. The van der Waals surface area contributed by atoms with Crippen LogP contribution in [0.2, 0.25) is 0 Å². The number of methoxy groups -OCH3 is 1. The molecule has 0 aliphatic carbocycles. The summed E-state index contributed by atoms with van der Waals surface area (Å²) in [5, 5.41) is 3.50. The highest BCUT2D eigenvalue weighted by Gasteiger charge is 2.44. The van der Waals surface area contributed by atoms with Gasteiger partial charge in [-0.25, -0.2) is 4.39 Å². The van der Waals surface area contributed by atoms with Gasteiger partial charge >= 0.3 is 5.97 Å². The molecular formula is C34H41FN6O5. The highest BCUT2D eigenvalue weighted by atomic mass is 19.1. The fraction of sp³-hybridized carbons (Fsp3) is 0.471. The molecule has 12 heteroatoms. The summed E-state index contributed by atoms with van der Waals surface area (Å²) in [4.78, 5) is 50.0. The fourth-order valence-electron chi connectivity index (χ4n) is 6.65. The zero-order valence-corrected chi connectivity index (χ0v) is 26.6. The van der Waals surface area contributed by atoms with Crippen LogP contribution in [0.15, 0.2) is 76.1 Å². The van der Waals surface area contributed by atoms with Gasteiger partial charge in [0.05, 0.1) is 43.1 Å². The number of hydrogen-bond donors (Lipinski definition) is 0. The highest BCUT2D eigenvalue weighted by molar-refractivity contribution is 6.05. The zero-order valence-electron chi connectivity index (χ0n) is 26.6. The second-order valence-electron chi connectivity index (χ2n) is 11.6. The molecule has 4 rings (SSSR count). The lowest BCUT2D eigenvalue weighted by Crippen LogP contribution is -2.48. The van der Waals surface area contributed by atoms with Gasteiger partial charge in [-0.15, -0.1) is 0 Å². The van der Waals surface area contributed by atoms with Crippen molar-refractivity contribution in [2.24, 2.45) is 16.0 Å². The van der Waals surface area contributed by atoms with Crippen molar-refractivity contribution >= 4 is 23.9 Å². The summed E-state index contributed by atoms with van der Waals surface area (Å²) in [6.07, 6.45) is 2.59. The first-order chi connectivity index (χ1) is 22.2. The van der Waals surface area contributed by atoms with Crippen LogP contribution in [-0.2, 0) is 29.3 Å². The molecule has 2 aliphatic rings. The minimum absolute atomic E-state index is 0.0293. The Balaban J connectivity index is 1.55. The second kappa shape index (κ2) is 16.3. The molecule has 1 saturated heterocycles. The van der Waals surface area contributed by atoms with Crippen LogP contribution in [0, 0.1) is 11.7 Å². The van der Waals surface area contributed by atoms with Crippen LogP contribution < -0.4 is 0 Å². The van der Waals surface area contributed by atoms with Crippen LogP contribution in [0.25, 0.3) is 10.4 Å². The molecule has 2 aromatic rings. The maximum absolute atomic E-state index is 14.0. The Morgan fingerprint density at radius 3 is 2.48 bits per heavy atom. The predicted octanol–water partition coefficient (Wildman–Crippen LogP) is 5.18. The van der Waals surface area contributed by atoms with Crippen molar-refractivity contribution < 1.29 is 28.2 Å². The molecular weight excluding hydrogens is 591 g/mol. The van der Waals surface area contributed by atoms with Crippen LogP contribution in [0.5, 0.6) is 0 Å². The summed E-state index contributed by atoms with van der Waals surface area (Å²) >= 11 is 0. The summed E-state index contributed by atoms with van der Waals surface area (Å²) in [6.45, 7) is 5.97. The Kier molecular flexibility index (Phi) is 12.2. The van der Waals surface area contributed by atoms with E-state index in [2.05, 4.69) is 14.9 Å². The molecule has 1 fully saturated rings. The molecule has 1 amide bonds. The Morgan fingerprint density at radius 2 is 1.87 bits per heavy atom. The monoisotopic (exact) mass is 632 g/mol. The molecule has 0 radical (unpaired) electrons. The van der Waals surface area contributed by atoms with Gasteiger partial charge in [0.25, 0.3) is 0 Å². The molecule has 0 saturated carbocycles. The van der Waals surface area contributed by atoms with E-state index >= 15 is 0 Å². The van der Waals surface area contributed by atoms with E-state index in [1.54, 1.807) is 24.0 Å². The number of esters is 1. The number of allylic oxidation sites excluding steroid dienone is 1. The first-order valence-corrected chi connectivity index (χ1v) is 15.5. The number of nitrogens with zero attached hydrogens (tertiary/aromatic N) is 6. The normalized spacial score (nSPS) is 19.5. The molecule has 0 bridgehead atoms. The number of piperidine rings is 1. The molecule has 0 N–H and O–H groups in total. The first kappa shape index (κ1) is 34.5. The van der Waals surface area contributed by atoms with E-state index in [9.17, 15) is 18.8 Å². The quantitative estimate of drug-likeness (QED) is 0.0662. The van der Waals surface area contributed by atoms with Crippen molar-refractivity contribution in [1.29, 1.82) is 0 Å². The third kappa shape index (κ3) is 7.88. The van der Waals surface area contributed by atoms with E-state index < -0.39 is 23.1 Å². The minimum atomic E-state index is -0.693. The highest BCUT2D eigenvalue weighted by Crippen LogP contribution is 2.41. The number of aliphatic imine (C=N–C) groups is 1. The molecule has 46 heavy (non-hydrogen) atoms. The average molecular weight is 633 g/mol. The summed E-state index contributed by atoms with van der Waals surface area (Å²) < 4.78 is 24.9.